The van der Waals surface area contributed by atoms with E-state index in [1.807, 2.05) is 13.8 Å². The van der Waals surface area contributed by atoms with Crippen molar-refractivity contribution >= 4 is 0 Å². The lowest BCUT2D eigenvalue weighted by molar-refractivity contribution is -0.140. The highest BCUT2D eigenvalue weighted by molar-refractivity contribution is 5.29. The van der Waals surface area contributed by atoms with Crippen LogP contribution in [0.5, 0.6) is 0 Å². The summed E-state index contributed by atoms with van der Waals surface area (Å²) < 4.78 is 50.7. The van der Waals surface area contributed by atoms with Crippen molar-refractivity contribution in [1.29, 1.82) is 0 Å². The van der Waals surface area contributed by atoms with Gasteiger partial charge in [0, 0.05) is 0 Å². The van der Waals surface area contributed by atoms with Gasteiger partial charge in [0.2, 0.25) is 0 Å². The molecule has 0 aliphatic rings. The van der Waals surface area contributed by atoms with Crippen molar-refractivity contribution in [2.24, 2.45) is 5.92 Å². The SMILES string of the molecule is CCC(CC)C(O)c1ccc(F)c(C(F)(F)F)c1. The number of hydrogen-bond donors (Lipinski definition) is 1. The van der Waals surface area contributed by atoms with Crippen LogP contribution < -0.4 is 0 Å². The second-order valence-electron chi connectivity index (χ2n) is 4.26. The van der Waals surface area contributed by atoms with Gasteiger partial charge in [-0.3, -0.25) is 0 Å². The molecule has 0 fully saturated rings. The van der Waals surface area contributed by atoms with E-state index in [4.69, 9.17) is 0 Å². The first-order valence-corrected chi connectivity index (χ1v) is 5.85. The van der Waals surface area contributed by atoms with Crippen LogP contribution in [0.2, 0.25) is 0 Å². The van der Waals surface area contributed by atoms with Crippen molar-refractivity contribution in [3.05, 3.63) is 35.1 Å². The van der Waals surface area contributed by atoms with Crippen LogP contribution in [0, 0.1) is 11.7 Å². The molecule has 1 N–H and O–H groups in total. The smallest absolute Gasteiger partial charge is 0.388 e. The van der Waals surface area contributed by atoms with Crippen LogP contribution in [0.15, 0.2) is 18.2 Å². The largest absolute Gasteiger partial charge is 0.419 e. The average molecular weight is 264 g/mol. The fraction of sp³-hybridized carbons (Fsp3) is 0.538. The second-order valence-corrected chi connectivity index (χ2v) is 4.26. The summed E-state index contributed by atoms with van der Waals surface area (Å²) in [5.41, 5.74) is -1.22. The van der Waals surface area contributed by atoms with Crippen molar-refractivity contribution in [3.8, 4) is 0 Å². The fourth-order valence-corrected chi connectivity index (χ4v) is 1.95. The molecule has 1 aromatic rings. The Morgan fingerprint density at radius 1 is 1.17 bits per heavy atom. The quantitative estimate of drug-likeness (QED) is 0.803. The maximum absolute atomic E-state index is 13.1. The number of benzene rings is 1. The zero-order valence-corrected chi connectivity index (χ0v) is 10.3. The highest BCUT2D eigenvalue weighted by Crippen LogP contribution is 2.35. The van der Waals surface area contributed by atoms with E-state index >= 15 is 0 Å². The number of aliphatic hydroxyl groups is 1. The number of alkyl halides is 3. The maximum Gasteiger partial charge on any atom is 0.419 e. The van der Waals surface area contributed by atoms with Gasteiger partial charge < -0.3 is 5.11 Å². The van der Waals surface area contributed by atoms with Gasteiger partial charge in [-0.15, -0.1) is 0 Å². The van der Waals surface area contributed by atoms with Crippen molar-refractivity contribution in [2.75, 3.05) is 0 Å². The Bertz CT molecular complexity index is 396. The third-order valence-corrected chi connectivity index (χ3v) is 3.13. The molecule has 0 aliphatic heterocycles. The molecule has 18 heavy (non-hydrogen) atoms. The van der Waals surface area contributed by atoms with Crippen molar-refractivity contribution in [1.82, 2.24) is 0 Å². The van der Waals surface area contributed by atoms with Gasteiger partial charge in [0.15, 0.2) is 0 Å². The Morgan fingerprint density at radius 2 is 1.72 bits per heavy atom. The first-order valence-electron chi connectivity index (χ1n) is 5.85. The summed E-state index contributed by atoms with van der Waals surface area (Å²) in [7, 11) is 0. The molecule has 1 unspecified atom stereocenters. The van der Waals surface area contributed by atoms with Gasteiger partial charge in [-0.05, 0) is 23.6 Å². The molecule has 0 aromatic heterocycles. The first-order chi connectivity index (χ1) is 8.31. The van der Waals surface area contributed by atoms with Crippen molar-refractivity contribution in [2.45, 2.75) is 39.0 Å². The standard InChI is InChI=1S/C13H16F4O/c1-3-8(4-2)12(18)9-5-6-11(14)10(7-9)13(15,16)17/h5-8,12,18H,3-4H2,1-2H3. The molecule has 102 valence electrons. The van der Waals surface area contributed by atoms with E-state index < -0.39 is 23.7 Å². The highest BCUT2D eigenvalue weighted by atomic mass is 19.4. The highest BCUT2D eigenvalue weighted by Gasteiger charge is 2.35. The summed E-state index contributed by atoms with van der Waals surface area (Å²) >= 11 is 0. The summed E-state index contributed by atoms with van der Waals surface area (Å²) in [6.45, 7) is 3.71. The molecule has 0 saturated carbocycles. The molecule has 0 aliphatic carbocycles. The number of halogens is 4. The lowest BCUT2D eigenvalue weighted by atomic mass is 9.90. The Morgan fingerprint density at radius 3 is 2.17 bits per heavy atom. The molecule has 1 atom stereocenters. The number of aliphatic hydroxyl groups excluding tert-OH is 1. The van der Waals surface area contributed by atoms with E-state index in [0.29, 0.717) is 18.9 Å². The predicted octanol–water partition coefficient (Wildman–Crippen LogP) is 4.31. The molecule has 0 spiro atoms. The van der Waals surface area contributed by atoms with E-state index in [0.717, 1.165) is 6.07 Å². The van der Waals surface area contributed by atoms with Crippen LogP contribution in [0.1, 0.15) is 43.9 Å². The Labute approximate surface area is 103 Å². The van der Waals surface area contributed by atoms with E-state index in [1.165, 1.54) is 6.07 Å². The molecule has 0 saturated heterocycles. The molecule has 0 radical (unpaired) electrons. The molecule has 1 aromatic carbocycles. The zero-order valence-electron chi connectivity index (χ0n) is 10.3. The van der Waals surface area contributed by atoms with Crippen molar-refractivity contribution in [3.63, 3.8) is 0 Å². The predicted molar refractivity (Wildman–Crippen MR) is 60.4 cm³/mol. The summed E-state index contributed by atoms with van der Waals surface area (Å²) in [5.74, 6) is -1.44. The summed E-state index contributed by atoms with van der Waals surface area (Å²) in [6.07, 6.45) is -4.44. The van der Waals surface area contributed by atoms with Gasteiger partial charge in [0.1, 0.15) is 5.82 Å². The molecule has 1 rings (SSSR count). The van der Waals surface area contributed by atoms with Crippen LogP contribution in [-0.2, 0) is 6.18 Å². The average Bonchev–Trinajstić information content (AvgIpc) is 2.29. The number of hydrogen-bond acceptors (Lipinski definition) is 1. The monoisotopic (exact) mass is 264 g/mol. The van der Waals surface area contributed by atoms with Gasteiger partial charge in [0.25, 0.3) is 0 Å². The zero-order chi connectivity index (χ0) is 13.9. The van der Waals surface area contributed by atoms with Gasteiger partial charge in [0.05, 0.1) is 11.7 Å². The second kappa shape index (κ2) is 5.69. The molecule has 0 heterocycles. The van der Waals surface area contributed by atoms with Crippen LogP contribution in [0.25, 0.3) is 0 Å². The molecule has 0 amide bonds. The van der Waals surface area contributed by atoms with E-state index in [-0.39, 0.29) is 11.5 Å². The molecule has 5 heteroatoms. The first kappa shape index (κ1) is 15.0. The third-order valence-electron chi connectivity index (χ3n) is 3.13. The number of rotatable bonds is 4. The lowest BCUT2D eigenvalue weighted by Crippen LogP contribution is -2.14. The summed E-state index contributed by atoms with van der Waals surface area (Å²) in [4.78, 5) is 0. The van der Waals surface area contributed by atoms with Gasteiger partial charge >= 0.3 is 6.18 Å². The van der Waals surface area contributed by atoms with Gasteiger partial charge in [-0.25, -0.2) is 4.39 Å². The van der Waals surface area contributed by atoms with Crippen LogP contribution in [-0.4, -0.2) is 5.11 Å². The van der Waals surface area contributed by atoms with Crippen molar-refractivity contribution < 1.29 is 22.7 Å². The van der Waals surface area contributed by atoms with Crippen LogP contribution >= 0.6 is 0 Å². The van der Waals surface area contributed by atoms with Crippen LogP contribution in [0.4, 0.5) is 17.6 Å². The normalized spacial score (nSPS) is 14.0. The van der Waals surface area contributed by atoms with E-state index in [1.54, 1.807) is 0 Å². The fourth-order valence-electron chi connectivity index (χ4n) is 1.95. The minimum Gasteiger partial charge on any atom is -0.388 e. The Kier molecular flexibility index (Phi) is 4.73. The summed E-state index contributed by atoms with van der Waals surface area (Å²) in [5, 5.41) is 9.97. The minimum atomic E-state index is -4.74. The Balaban J connectivity index is 3.12. The topological polar surface area (TPSA) is 20.2 Å². The van der Waals surface area contributed by atoms with Crippen LogP contribution in [0.3, 0.4) is 0 Å². The maximum atomic E-state index is 13.1. The summed E-state index contributed by atoms with van der Waals surface area (Å²) in [6, 6.07) is 2.65. The Hall–Kier alpha value is -1.10. The minimum absolute atomic E-state index is 0.109. The molecule has 0 bridgehead atoms. The molecular weight excluding hydrogens is 248 g/mol. The molecule has 1 nitrogen and oxygen atoms in total. The van der Waals surface area contributed by atoms with Gasteiger partial charge in [-0.2, -0.15) is 13.2 Å². The van der Waals surface area contributed by atoms with E-state index in [9.17, 15) is 22.7 Å². The van der Waals surface area contributed by atoms with Gasteiger partial charge in [-0.1, -0.05) is 32.8 Å². The molecular formula is C13H16F4O. The third kappa shape index (κ3) is 3.22. The van der Waals surface area contributed by atoms with E-state index in [2.05, 4.69) is 0 Å². The lowest BCUT2D eigenvalue weighted by Gasteiger charge is -2.21.